The number of ether oxygens (including phenoxy) is 1. The van der Waals surface area contributed by atoms with E-state index in [1.165, 1.54) is 6.20 Å². The number of nitrogens with zero attached hydrogens (tertiary/aromatic N) is 4. The number of carbonyl (C=O) groups is 1. The second-order valence-electron chi connectivity index (χ2n) is 9.08. The van der Waals surface area contributed by atoms with Crippen molar-refractivity contribution in [3.63, 3.8) is 0 Å². The lowest BCUT2D eigenvalue weighted by Gasteiger charge is -2.22. The van der Waals surface area contributed by atoms with Crippen LogP contribution < -0.4 is 16.6 Å². The molecule has 0 amide bonds. The van der Waals surface area contributed by atoms with Crippen molar-refractivity contribution >= 4 is 28.5 Å². The van der Waals surface area contributed by atoms with Crippen molar-refractivity contribution in [2.45, 2.75) is 26.8 Å². The van der Waals surface area contributed by atoms with Gasteiger partial charge in [-0.25, -0.2) is 9.78 Å². The van der Waals surface area contributed by atoms with Gasteiger partial charge >= 0.3 is 5.97 Å². The predicted octanol–water partition coefficient (Wildman–Crippen LogP) is 5.08. The molecule has 0 unspecified atom stereocenters. The zero-order valence-corrected chi connectivity index (χ0v) is 21.9. The van der Waals surface area contributed by atoms with Gasteiger partial charge in [-0.2, -0.15) is 4.98 Å². The molecular formula is C30H28N6O3. The molecule has 196 valence electrons. The van der Waals surface area contributed by atoms with Gasteiger partial charge in [-0.15, -0.1) is 0 Å². The summed E-state index contributed by atoms with van der Waals surface area (Å²) in [5.41, 5.74) is 10.0. The minimum atomic E-state index is -0.581. The maximum Gasteiger partial charge on any atom is 0.343 e. The van der Waals surface area contributed by atoms with Crippen molar-refractivity contribution < 1.29 is 9.53 Å². The minimum absolute atomic E-state index is 0.00870. The Morgan fingerprint density at radius 2 is 1.87 bits per heavy atom. The van der Waals surface area contributed by atoms with Crippen LogP contribution >= 0.6 is 0 Å². The Hall–Kier alpha value is -5.05. The molecule has 1 atom stereocenters. The van der Waals surface area contributed by atoms with Gasteiger partial charge in [-0.05, 0) is 67.6 Å². The number of aromatic nitrogens is 4. The molecule has 0 aliphatic rings. The van der Waals surface area contributed by atoms with Crippen LogP contribution in [-0.2, 0) is 4.74 Å². The summed E-state index contributed by atoms with van der Waals surface area (Å²) in [5.74, 6) is -0.349. The lowest BCUT2D eigenvalue weighted by molar-refractivity contribution is 0.0527. The van der Waals surface area contributed by atoms with Crippen molar-refractivity contribution in [3.05, 3.63) is 106 Å². The maximum atomic E-state index is 14.2. The highest BCUT2D eigenvalue weighted by Gasteiger charge is 2.20. The molecule has 0 aliphatic heterocycles. The molecule has 0 aliphatic carbocycles. The molecule has 0 saturated carbocycles. The number of aryl methyl sites for hydroxylation is 1. The summed E-state index contributed by atoms with van der Waals surface area (Å²) in [6.07, 6.45) is 3.08. The number of nitrogens with two attached hydrogens (primary N) is 1. The van der Waals surface area contributed by atoms with Gasteiger partial charge < -0.3 is 15.8 Å². The minimum Gasteiger partial charge on any atom is -0.462 e. The molecule has 2 aromatic carbocycles. The number of fused-ring (bicyclic) bond motifs is 1. The van der Waals surface area contributed by atoms with Crippen molar-refractivity contribution in [3.8, 4) is 16.8 Å². The second kappa shape index (κ2) is 10.7. The summed E-state index contributed by atoms with van der Waals surface area (Å²) in [5, 5.41) is 4.65. The Labute approximate surface area is 225 Å². The third kappa shape index (κ3) is 5.06. The van der Waals surface area contributed by atoms with Crippen LogP contribution in [0.4, 0.5) is 11.8 Å². The molecule has 9 nitrogen and oxygen atoms in total. The molecule has 0 bridgehead atoms. The van der Waals surface area contributed by atoms with E-state index < -0.39 is 12.0 Å². The third-order valence-corrected chi connectivity index (χ3v) is 6.40. The lowest BCUT2D eigenvalue weighted by atomic mass is 9.98. The van der Waals surface area contributed by atoms with Crippen LogP contribution in [0.3, 0.4) is 0 Å². The number of para-hydroxylation sites is 1. The van der Waals surface area contributed by atoms with Crippen molar-refractivity contribution in [2.75, 3.05) is 17.7 Å². The maximum absolute atomic E-state index is 14.2. The fourth-order valence-corrected chi connectivity index (χ4v) is 4.60. The highest BCUT2D eigenvalue weighted by atomic mass is 16.5. The number of benzene rings is 2. The Morgan fingerprint density at radius 3 is 2.59 bits per heavy atom. The molecule has 5 aromatic rings. The van der Waals surface area contributed by atoms with Gasteiger partial charge in [0.1, 0.15) is 11.4 Å². The standard InChI is InChI=1S/C30H28N6O3/c1-4-39-29(38)24-17-33-30(35-27(24)31)34-19(3)25-16-21-9-8-12-23(20-13-14-32-18(2)15-20)26(21)28(37)36(25)22-10-6-5-7-11-22/h5-17,19H,4H2,1-3H3,(H3,31,33,34,35)/t19-/m0/s1. The number of hydrogen-bond acceptors (Lipinski definition) is 8. The second-order valence-corrected chi connectivity index (χ2v) is 9.08. The SMILES string of the molecule is CCOC(=O)c1cnc(N[C@@H](C)c2cc3cccc(-c4ccnc(C)c4)c3c(=O)n2-c2ccccc2)nc1N. The highest BCUT2D eigenvalue weighted by Crippen LogP contribution is 2.30. The first-order chi connectivity index (χ1) is 18.9. The number of pyridine rings is 2. The zero-order valence-electron chi connectivity index (χ0n) is 21.9. The number of rotatable bonds is 7. The lowest BCUT2D eigenvalue weighted by Crippen LogP contribution is -2.26. The Kier molecular flexibility index (Phi) is 7.05. The van der Waals surface area contributed by atoms with Gasteiger partial charge in [0.05, 0.1) is 18.0 Å². The van der Waals surface area contributed by atoms with Crippen LogP contribution in [0.1, 0.15) is 41.6 Å². The molecule has 3 N–H and O–H groups in total. The van der Waals surface area contributed by atoms with Gasteiger partial charge in [0, 0.05) is 29.5 Å². The number of nitrogens with one attached hydrogen (secondary N) is 1. The quantitative estimate of drug-likeness (QED) is 0.285. The molecule has 0 spiro atoms. The van der Waals surface area contributed by atoms with Crippen molar-refractivity contribution in [1.82, 2.24) is 19.5 Å². The van der Waals surface area contributed by atoms with Gasteiger partial charge in [0.2, 0.25) is 5.95 Å². The molecule has 5 rings (SSSR count). The molecule has 0 saturated heterocycles. The fourth-order valence-electron chi connectivity index (χ4n) is 4.60. The van der Waals surface area contributed by atoms with Crippen LogP contribution in [0.25, 0.3) is 27.6 Å². The van der Waals surface area contributed by atoms with Gasteiger partial charge in [-0.3, -0.25) is 14.3 Å². The van der Waals surface area contributed by atoms with Crippen LogP contribution in [0.15, 0.2) is 83.9 Å². The number of hydrogen-bond donors (Lipinski definition) is 2. The average molecular weight is 521 g/mol. The summed E-state index contributed by atoms with van der Waals surface area (Å²) in [4.78, 5) is 39.1. The molecule has 9 heteroatoms. The third-order valence-electron chi connectivity index (χ3n) is 6.40. The Morgan fingerprint density at radius 1 is 1.08 bits per heavy atom. The van der Waals surface area contributed by atoms with E-state index in [1.807, 2.05) is 80.6 Å². The average Bonchev–Trinajstić information content (AvgIpc) is 2.93. The summed E-state index contributed by atoms with van der Waals surface area (Å²) < 4.78 is 6.71. The van der Waals surface area contributed by atoms with E-state index in [-0.39, 0.29) is 29.5 Å². The van der Waals surface area contributed by atoms with Gasteiger partial charge in [-0.1, -0.05) is 36.4 Å². The summed E-state index contributed by atoms with van der Waals surface area (Å²) in [7, 11) is 0. The van der Waals surface area contributed by atoms with E-state index in [9.17, 15) is 9.59 Å². The topological polar surface area (TPSA) is 125 Å². The van der Waals surface area contributed by atoms with Crippen LogP contribution in [-0.4, -0.2) is 32.1 Å². The van der Waals surface area contributed by atoms with Gasteiger partial charge in [0.25, 0.3) is 5.56 Å². The van der Waals surface area contributed by atoms with Crippen molar-refractivity contribution in [1.29, 1.82) is 0 Å². The number of carbonyl (C=O) groups excluding carboxylic acids is 1. The van der Waals surface area contributed by atoms with Crippen molar-refractivity contribution in [2.24, 2.45) is 0 Å². The first-order valence-electron chi connectivity index (χ1n) is 12.6. The van der Waals surface area contributed by atoms with Crippen LogP contribution in [0.2, 0.25) is 0 Å². The van der Waals surface area contributed by atoms with E-state index in [2.05, 4.69) is 20.3 Å². The monoisotopic (exact) mass is 520 g/mol. The van der Waals surface area contributed by atoms with Crippen LogP contribution in [0.5, 0.6) is 0 Å². The highest BCUT2D eigenvalue weighted by molar-refractivity contribution is 5.96. The molecule has 0 radical (unpaired) electrons. The molecule has 3 heterocycles. The van der Waals surface area contributed by atoms with E-state index in [0.29, 0.717) is 11.1 Å². The van der Waals surface area contributed by atoms with E-state index in [0.717, 1.165) is 27.9 Å². The first-order valence-corrected chi connectivity index (χ1v) is 12.6. The Balaban J connectivity index is 1.64. The van der Waals surface area contributed by atoms with Crippen LogP contribution in [0, 0.1) is 6.92 Å². The fraction of sp³-hybridized carbons (Fsp3) is 0.167. The summed E-state index contributed by atoms with van der Waals surface area (Å²) >= 11 is 0. The van der Waals surface area contributed by atoms with Gasteiger partial charge in [0.15, 0.2) is 0 Å². The zero-order chi connectivity index (χ0) is 27.5. The summed E-state index contributed by atoms with van der Waals surface area (Å²) in [6.45, 7) is 5.77. The molecule has 0 fully saturated rings. The van der Waals surface area contributed by atoms with E-state index in [4.69, 9.17) is 10.5 Å². The molecule has 39 heavy (non-hydrogen) atoms. The Bertz CT molecular complexity index is 1730. The first kappa shape index (κ1) is 25.6. The smallest absolute Gasteiger partial charge is 0.343 e. The predicted molar refractivity (Wildman–Crippen MR) is 152 cm³/mol. The normalized spacial score (nSPS) is 11.8. The van der Waals surface area contributed by atoms with E-state index in [1.54, 1.807) is 17.7 Å². The number of nitrogen functional groups attached to an aromatic ring is 1. The molecule has 3 aromatic heterocycles. The molecular weight excluding hydrogens is 492 g/mol. The van der Waals surface area contributed by atoms with E-state index >= 15 is 0 Å². The summed E-state index contributed by atoms with van der Waals surface area (Å²) in [6, 6.07) is 20.8. The largest absolute Gasteiger partial charge is 0.462 e. The number of anilines is 2. The number of esters is 1.